The number of fused-ring (bicyclic) bond motifs is 1. The Bertz CT molecular complexity index is 981. The predicted octanol–water partition coefficient (Wildman–Crippen LogP) is 0.881. The first-order valence-electron chi connectivity index (χ1n) is 8.19. The zero-order valence-electron chi connectivity index (χ0n) is 13.9. The number of nitriles is 1. The number of carbonyl (C=O) groups is 1. The van der Waals surface area contributed by atoms with E-state index in [1.54, 1.807) is 17.9 Å². The number of aromatic nitrogens is 2. The lowest BCUT2D eigenvalue weighted by atomic mass is 10.0. The Morgan fingerprint density at radius 2 is 2.04 bits per heavy atom. The SMILES string of the molecule is CCn1cc(C#N)c(=O)n(CC(=O)N2CCCc3ccccc32)c1=O. The highest BCUT2D eigenvalue weighted by atomic mass is 16.2. The van der Waals surface area contributed by atoms with Crippen molar-refractivity contribution in [1.29, 1.82) is 5.26 Å². The lowest BCUT2D eigenvalue weighted by Crippen LogP contribution is -2.46. The first-order chi connectivity index (χ1) is 12.1. The summed E-state index contributed by atoms with van der Waals surface area (Å²) in [5.74, 6) is -0.330. The van der Waals surface area contributed by atoms with Gasteiger partial charge in [-0.3, -0.25) is 14.2 Å². The molecule has 7 nitrogen and oxygen atoms in total. The van der Waals surface area contributed by atoms with Crippen LogP contribution >= 0.6 is 0 Å². The number of nitrogens with zero attached hydrogens (tertiary/aromatic N) is 4. The molecule has 0 aliphatic carbocycles. The third-order valence-electron chi connectivity index (χ3n) is 4.40. The smallest absolute Gasteiger partial charge is 0.311 e. The van der Waals surface area contributed by atoms with E-state index in [1.807, 2.05) is 24.3 Å². The number of amides is 1. The molecule has 0 saturated heterocycles. The summed E-state index contributed by atoms with van der Waals surface area (Å²) in [4.78, 5) is 39.1. The normalized spacial score (nSPS) is 13.2. The lowest BCUT2D eigenvalue weighted by Gasteiger charge is -2.29. The van der Waals surface area contributed by atoms with Gasteiger partial charge in [0.2, 0.25) is 5.91 Å². The average Bonchev–Trinajstić information content (AvgIpc) is 2.64. The third kappa shape index (κ3) is 2.98. The van der Waals surface area contributed by atoms with E-state index in [2.05, 4.69) is 0 Å². The van der Waals surface area contributed by atoms with E-state index in [1.165, 1.54) is 10.8 Å². The Labute approximate surface area is 144 Å². The molecule has 128 valence electrons. The summed E-state index contributed by atoms with van der Waals surface area (Å²) in [6.45, 7) is 2.22. The maximum atomic E-state index is 12.8. The van der Waals surface area contributed by atoms with E-state index in [9.17, 15) is 14.4 Å². The quantitative estimate of drug-likeness (QED) is 0.831. The van der Waals surface area contributed by atoms with Gasteiger partial charge in [-0.25, -0.2) is 9.36 Å². The van der Waals surface area contributed by atoms with Gasteiger partial charge in [0.15, 0.2) is 0 Å². The molecule has 7 heteroatoms. The topological polar surface area (TPSA) is 88.1 Å². The molecule has 1 aliphatic heterocycles. The number of rotatable bonds is 3. The summed E-state index contributed by atoms with van der Waals surface area (Å²) in [7, 11) is 0. The summed E-state index contributed by atoms with van der Waals surface area (Å²) in [5.41, 5.74) is 0.444. The molecule has 3 rings (SSSR count). The molecule has 25 heavy (non-hydrogen) atoms. The average molecular weight is 338 g/mol. The Morgan fingerprint density at radius 1 is 1.28 bits per heavy atom. The summed E-state index contributed by atoms with van der Waals surface area (Å²) in [6.07, 6.45) is 2.96. The van der Waals surface area contributed by atoms with Crippen LogP contribution in [-0.2, 0) is 24.3 Å². The fraction of sp³-hybridized carbons (Fsp3) is 0.333. The van der Waals surface area contributed by atoms with E-state index in [4.69, 9.17) is 5.26 Å². The van der Waals surface area contributed by atoms with Gasteiger partial charge in [-0.15, -0.1) is 0 Å². The van der Waals surface area contributed by atoms with Gasteiger partial charge in [0.1, 0.15) is 18.2 Å². The Kier molecular flexibility index (Phi) is 4.52. The molecule has 0 radical (unpaired) electrons. The van der Waals surface area contributed by atoms with Crippen LogP contribution in [0.1, 0.15) is 24.5 Å². The minimum atomic E-state index is -0.726. The van der Waals surface area contributed by atoms with E-state index in [0.717, 1.165) is 28.7 Å². The van der Waals surface area contributed by atoms with E-state index in [0.29, 0.717) is 13.1 Å². The van der Waals surface area contributed by atoms with Crippen molar-refractivity contribution in [3.05, 3.63) is 62.4 Å². The van der Waals surface area contributed by atoms with Crippen molar-refractivity contribution in [2.24, 2.45) is 0 Å². The molecule has 0 spiro atoms. The summed E-state index contributed by atoms with van der Waals surface area (Å²) < 4.78 is 2.11. The molecule has 2 heterocycles. The molecule has 0 fully saturated rings. The molecular formula is C18H18N4O3. The van der Waals surface area contributed by atoms with Crippen molar-refractivity contribution < 1.29 is 4.79 Å². The highest BCUT2D eigenvalue weighted by molar-refractivity contribution is 5.94. The molecule has 1 aromatic heterocycles. The van der Waals surface area contributed by atoms with Crippen LogP contribution in [0.5, 0.6) is 0 Å². The number of aryl methyl sites for hydroxylation is 2. The van der Waals surface area contributed by atoms with Gasteiger partial charge >= 0.3 is 5.69 Å². The van der Waals surface area contributed by atoms with E-state index < -0.39 is 11.2 Å². The second-order valence-corrected chi connectivity index (χ2v) is 5.89. The third-order valence-corrected chi connectivity index (χ3v) is 4.40. The number of hydrogen-bond acceptors (Lipinski definition) is 4. The fourth-order valence-corrected chi connectivity index (χ4v) is 3.11. The zero-order valence-corrected chi connectivity index (χ0v) is 13.9. The van der Waals surface area contributed by atoms with Crippen LogP contribution in [0, 0.1) is 11.3 Å². The van der Waals surface area contributed by atoms with Gasteiger partial charge in [-0.1, -0.05) is 18.2 Å². The Morgan fingerprint density at radius 3 is 2.76 bits per heavy atom. The first-order valence-corrected chi connectivity index (χ1v) is 8.19. The van der Waals surface area contributed by atoms with Gasteiger partial charge < -0.3 is 4.90 Å². The Balaban J connectivity index is 1.99. The molecule has 0 saturated carbocycles. The van der Waals surface area contributed by atoms with Crippen LogP contribution in [0.2, 0.25) is 0 Å². The van der Waals surface area contributed by atoms with Crippen LogP contribution in [0.3, 0.4) is 0 Å². The Hall–Kier alpha value is -3.14. The molecule has 2 aromatic rings. The van der Waals surface area contributed by atoms with Crippen LogP contribution in [0.25, 0.3) is 0 Å². The van der Waals surface area contributed by atoms with Gasteiger partial charge in [0, 0.05) is 25.0 Å². The first kappa shape index (κ1) is 16.7. The van der Waals surface area contributed by atoms with Crippen LogP contribution in [0.4, 0.5) is 5.69 Å². The van der Waals surface area contributed by atoms with Crippen LogP contribution in [0.15, 0.2) is 40.1 Å². The molecule has 0 N–H and O–H groups in total. The predicted molar refractivity (Wildman–Crippen MR) is 92.5 cm³/mol. The van der Waals surface area contributed by atoms with Gasteiger partial charge in [0.05, 0.1) is 0 Å². The van der Waals surface area contributed by atoms with Crippen molar-refractivity contribution in [1.82, 2.24) is 9.13 Å². The van der Waals surface area contributed by atoms with Gasteiger partial charge in [0.25, 0.3) is 5.56 Å². The monoisotopic (exact) mass is 338 g/mol. The maximum absolute atomic E-state index is 12.8. The molecule has 0 atom stereocenters. The fourth-order valence-electron chi connectivity index (χ4n) is 3.11. The summed E-state index contributed by atoms with van der Waals surface area (Å²) in [5, 5.41) is 9.09. The number of anilines is 1. The zero-order chi connectivity index (χ0) is 18.0. The summed E-state index contributed by atoms with van der Waals surface area (Å²) in [6, 6.07) is 9.41. The maximum Gasteiger partial charge on any atom is 0.331 e. The highest BCUT2D eigenvalue weighted by Crippen LogP contribution is 2.26. The highest BCUT2D eigenvalue weighted by Gasteiger charge is 2.24. The van der Waals surface area contributed by atoms with Crippen molar-refractivity contribution in [3.8, 4) is 6.07 Å². The molecule has 1 amide bonds. The molecule has 0 bridgehead atoms. The van der Waals surface area contributed by atoms with Crippen LogP contribution in [-0.4, -0.2) is 21.6 Å². The minimum Gasteiger partial charge on any atom is -0.311 e. The van der Waals surface area contributed by atoms with E-state index >= 15 is 0 Å². The number of benzene rings is 1. The minimum absolute atomic E-state index is 0.145. The molecular weight excluding hydrogens is 320 g/mol. The van der Waals surface area contributed by atoms with Crippen molar-refractivity contribution >= 4 is 11.6 Å². The van der Waals surface area contributed by atoms with Crippen molar-refractivity contribution in [3.63, 3.8) is 0 Å². The van der Waals surface area contributed by atoms with Gasteiger partial charge in [-0.2, -0.15) is 5.26 Å². The lowest BCUT2D eigenvalue weighted by molar-refractivity contribution is -0.119. The van der Waals surface area contributed by atoms with Crippen molar-refractivity contribution in [2.45, 2.75) is 32.9 Å². The van der Waals surface area contributed by atoms with E-state index in [-0.39, 0.29) is 18.0 Å². The molecule has 1 aromatic carbocycles. The standard InChI is InChI=1S/C18H18N4O3/c1-2-20-11-14(10-19)17(24)22(18(20)25)12-16(23)21-9-5-7-13-6-3-4-8-15(13)21/h3-4,6,8,11H,2,5,7,9,12H2,1H3. The van der Waals surface area contributed by atoms with Gasteiger partial charge in [-0.05, 0) is 31.4 Å². The number of para-hydroxylation sites is 1. The number of carbonyl (C=O) groups excluding carboxylic acids is 1. The molecule has 1 aliphatic rings. The number of hydrogen-bond donors (Lipinski definition) is 0. The second kappa shape index (κ2) is 6.77. The molecule has 0 unspecified atom stereocenters. The summed E-state index contributed by atoms with van der Waals surface area (Å²) >= 11 is 0. The largest absolute Gasteiger partial charge is 0.331 e. The second-order valence-electron chi connectivity index (χ2n) is 5.89. The van der Waals surface area contributed by atoms with Crippen molar-refractivity contribution in [2.75, 3.05) is 11.4 Å². The van der Waals surface area contributed by atoms with Crippen LogP contribution < -0.4 is 16.1 Å².